The summed E-state index contributed by atoms with van der Waals surface area (Å²) in [6, 6.07) is 5.50. The first-order valence-corrected chi connectivity index (χ1v) is 5.89. The molecule has 1 aromatic heterocycles. The van der Waals surface area contributed by atoms with E-state index in [1.165, 1.54) is 12.4 Å². The van der Waals surface area contributed by atoms with Crippen molar-refractivity contribution in [1.82, 2.24) is 9.97 Å². The van der Waals surface area contributed by atoms with Gasteiger partial charge in [0.05, 0.1) is 12.4 Å². The normalized spacial score (nSPS) is 13.6. The molecule has 6 heteroatoms. The summed E-state index contributed by atoms with van der Waals surface area (Å²) in [5.41, 5.74) is 7.35. The van der Waals surface area contributed by atoms with E-state index in [4.69, 9.17) is 10.5 Å². The molecule has 0 saturated heterocycles. The maximum absolute atomic E-state index is 11.3. The SMILES string of the molecule is Nc1cnc(Oc2ccc3c(c2)CCC(=O)N3)cn1. The molecule has 19 heavy (non-hydrogen) atoms. The van der Waals surface area contributed by atoms with Crippen molar-refractivity contribution in [2.45, 2.75) is 12.8 Å². The molecule has 6 nitrogen and oxygen atoms in total. The van der Waals surface area contributed by atoms with Crippen LogP contribution < -0.4 is 15.8 Å². The van der Waals surface area contributed by atoms with E-state index in [0.29, 0.717) is 30.3 Å². The Morgan fingerprint density at radius 3 is 2.89 bits per heavy atom. The van der Waals surface area contributed by atoms with Gasteiger partial charge in [0, 0.05) is 12.1 Å². The minimum Gasteiger partial charge on any atom is -0.437 e. The molecule has 0 atom stereocenters. The Labute approximate surface area is 109 Å². The van der Waals surface area contributed by atoms with Gasteiger partial charge in [-0.05, 0) is 30.2 Å². The van der Waals surface area contributed by atoms with Gasteiger partial charge in [0.1, 0.15) is 11.6 Å². The second-order valence-electron chi connectivity index (χ2n) is 4.25. The highest BCUT2D eigenvalue weighted by Crippen LogP contribution is 2.28. The quantitative estimate of drug-likeness (QED) is 0.854. The number of anilines is 2. The second kappa shape index (κ2) is 4.56. The minimum atomic E-state index is 0.0468. The third-order valence-electron chi connectivity index (χ3n) is 2.84. The van der Waals surface area contributed by atoms with E-state index in [9.17, 15) is 4.79 Å². The van der Waals surface area contributed by atoms with Crippen molar-refractivity contribution in [3.05, 3.63) is 36.2 Å². The van der Waals surface area contributed by atoms with Gasteiger partial charge in [0.25, 0.3) is 0 Å². The third-order valence-corrected chi connectivity index (χ3v) is 2.84. The Morgan fingerprint density at radius 2 is 2.11 bits per heavy atom. The summed E-state index contributed by atoms with van der Waals surface area (Å²) in [5, 5.41) is 2.82. The van der Waals surface area contributed by atoms with Crippen molar-refractivity contribution in [2.75, 3.05) is 11.1 Å². The number of fused-ring (bicyclic) bond motifs is 1. The zero-order chi connectivity index (χ0) is 13.2. The van der Waals surface area contributed by atoms with Crippen LogP contribution in [0.15, 0.2) is 30.6 Å². The van der Waals surface area contributed by atoms with Gasteiger partial charge in [-0.25, -0.2) is 9.97 Å². The molecule has 1 aromatic carbocycles. The number of nitrogens with zero attached hydrogens (tertiary/aromatic N) is 2. The first-order chi connectivity index (χ1) is 9.20. The fourth-order valence-electron chi connectivity index (χ4n) is 1.92. The number of carbonyl (C=O) groups is 1. The van der Waals surface area contributed by atoms with Crippen LogP contribution in [-0.4, -0.2) is 15.9 Å². The number of hydrogen-bond donors (Lipinski definition) is 2. The van der Waals surface area contributed by atoms with Crippen LogP contribution >= 0.6 is 0 Å². The lowest BCUT2D eigenvalue weighted by atomic mass is 10.0. The lowest BCUT2D eigenvalue weighted by Gasteiger charge is -2.17. The van der Waals surface area contributed by atoms with Crippen LogP contribution in [-0.2, 0) is 11.2 Å². The number of aromatic nitrogens is 2. The molecular formula is C13H12N4O2. The van der Waals surface area contributed by atoms with Crippen LogP contribution in [0.25, 0.3) is 0 Å². The summed E-state index contributed by atoms with van der Waals surface area (Å²) in [6.07, 6.45) is 4.12. The summed E-state index contributed by atoms with van der Waals surface area (Å²) in [4.78, 5) is 19.2. The van der Waals surface area contributed by atoms with E-state index in [0.717, 1.165) is 11.3 Å². The summed E-state index contributed by atoms with van der Waals surface area (Å²) in [5.74, 6) is 1.44. The van der Waals surface area contributed by atoms with E-state index < -0.39 is 0 Å². The van der Waals surface area contributed by atoms with Crippen molar-refractivity contribution in [1.29, 1.82) is 0 Å². The summed E-state index contributed by atoms with van der Waals surface area (Å²) >= 11 is 0. The molecule has 0 spiro atoms. The van der Waals surface area contributed by atoms with E-state index in [1.807, 2.05) is 12.1 Å². The fraction of sp³-hybridized carbons (Fsp3) is 0.154. The summed E-state index contributed by atoms with van der Waals surface area (Å²) < 4.78 is 5.58. The zero-order valence-corrected chi connectivity index (χ0v) is 10.1. The number of benzene rings is 1. The van der Waals surface area contributed by atoms with E-state index in [2.05, 4.69) is 15.3 Å². The number of carbonyl (C=O) groups excluding carboxylic acids is 1. The van der Waals surface area contributed by atoms with Gasteiger partial charge in [0.2, 0.25) is 11.8 Å². The molecule has 1 amide bonds. The minimum absolute atomic E-state index is 0.0468. The molecule has 96 valence electrons. The number of ether oxygens (including phenoxy) is 1. The molecule has 2 aromatic rings. The largest absolute Gasteiger partial charge is 0.437 e. The first-order valence-electron chi connectivity index (χ1n) is 5.89. The molecule has 0 radical (unpaired) electrons. The van der Waals surface area contributed by atoms with Crippen molar-refractivity contribution < 1.29 is 9.53 Å². The number of aryl methyl sites for hydroxylation is 1. The van der Waals surface area contributed by atoms with Crippen LogP contribution in [0.2, 0.25) is 0 Å². The predicted octanol–water partition coefficient (Wildman–Crippen LogP) is 1.74. The van der Waals surface area contributed by atoms with E-state index in [-0.39, 0.29) is 5.91 Å². The molecule has 0 aliphatic carbocycles. The Morgan fingerprint density at radius 1 is 1.21 bits per heavy atom. The monoisotopic (exact) mass is 256 g/mol. The second-order valence-corrected chi connectivity index (χ2v) is 4.25. The Kier molecular flexibility index (Phi) is 2.75. The topological polar surface area (TPSA) is 90.1 Å². The van der Waals surface area contributed by atoms with Gasteiger partial charge in [-0.3, -0.25) is 4.79 Å². The van der Waals surface area contributed by atoms with Gasteiger partial charge in [0.15, 0.2) is 0 Å². The van der Waals surface area contributed by atoms with Crippen molar-refractivity contribution in [3.63, 3.8) is 0 Å². The van der Waals surface area contributed by atoms with Gasteiger partial charge in [-0.1, -0.05) is 0 Å². The van der Waals surface area contributed by atoms with Crippen molar-refractivity contribution >= 4 is 17.4 Å². The van der Waals surface area contributed by atoms with Gasteiger partial charge >= 0.3 is 0 Å². The molecule has 0 fully saturated rings. The Hall–Kier alpha value is -2.63. The van der Waals surface area contributed by atoms with E-state index in [1.54, 1.807) is 6.07 Å². The number of hydrogen-bond acceptors (Lipinski definition) is 5. The lowest BCUT2D eigenvalue weighted by Crippen LogP contribution is -2.18. The number of rotatable bonds is 2. The van der Waals surface area contributed by atoms with Gasteiger partial charge < -0.3 is 15.8 Å². The zero-order valence-electron chi connectivity index (χ0n) is 10.1. The highest BCUT2D eigenvalue weighted by atomic mass is 16.5. The van der Waals surface area contributed by atoms with E-state index >= 15 is 0 Å². The standard InChI is InChI=1S/C13H12N4O2/c14-11-6-16-13(7-15-11)19-9-2-3-10-8(5-9)1-4-12(18)17-10/h2-3,5-7H,1,4H2,(H2,14,15)(H,17,18). The molecule has 3 N–H and O–H groups in total. The maximum Gasteiger partial charge on any atom is 0.237 e. The van der Waals surface area contributed by atoms with Crippen molar-refractivity contribution in [3.8, 4) is 11.6 Å². The Balaban J connectivity index is 1.82. The number of nitrogens with one attached hydrogen (secondary N) is 1. The molecule has 3 rings (SSSR count). The van der Waals surface area contributed by atoms with Crippen LogP contribution in [0.5, 0.6) is 11.6 Å². The Bertz CT molecular complexity index is 625. The predicted molar refractivity (Wildman–Crippen MR) is 69.9 cm³/mol. The molecule has 0 unspecified atom stereocenters. The molecule has 1 aliphatic rings. The maximum atomic E-state index is 11.3. The van der Waals surface area contributed by atoms with Gasteiger partial charge in [-0.2, -0.15) is 0 Å². The smallest absolute Gasteiger partial charge is 0.237 e. The average Bonchev–Trinajstić information content (AvgIpc) is 2.42. The van der Waals surface area contributed by atoms with Gasteiger partial charge in [-0.15, -0.1) is 0 Å². The summed E-state index contributed by atoms with van der Waals surface area (Å²) in [6.45, 7) is 0. The molecular weight excluding hydrogens is 244 g/mol. The number of amides is 1. The average molecular weight is 256 g/mol. The third kappa shape index (κ3) is 2.47. The summed E-state index contributed by atoms with van der Waals surface area (Å²) in [7, 11) is 0. The molecule has 1 aliphatic heterocycles. The molecule has 2 heterocycles. The van der Waals surface area contributed by atoms with Crippen LogP contribution in [0.1, 0.15) is 12.0 Å². The lowest BCUT2D eigenvalue weighted by molar-refractivity contribution is -0.116. The van der Waals surface area contributed by atoms with Crippen LogP contribution in [0.3, 0.4) is 0 Å². The molecule has 0 bridgehead atoms. The van der Waals surface area contributed by atoms with Crippen molar-refractivity contribution in [2.24, 2.45) is 0 Å². The van der Waals surface area contributed by atoms with Crippen LogP contribution in [0.4, 0.5) is 11.5 Å². The molecule has 0 saturated carbocycles. The first kappa shape index (κ1) is 11.5. The number of nitrogen functional groups attached to an aromatic ring is 1. The van der Waals surface area contributed by atoms with Crippen LogP contribution in [0, 0.1) is 0 Å². The highest BCUT2D eigenvalue weighted by molar-refractivity contribution is 5.94. The highest BCUT2D eigenvalue weighted by Gasteiger charge is 2.15. The number of nitrogens with two attached hydrogens (primary N) is 1. The fourth-order valence-corrected chi connectivity index (χ4v) is 1.92.